The van der Waals surface area contributed by atoms with Crippen molar-refractivity contribution in [3.05, 3.63) is 115 Å². The van der Waals surface area contributed by atoms with Gasteiger partial charge < -0.3 is 19.2 Å². The maximum Gasteiger partial charge on any atom is 0.347 e. The molecule has 5 aromatic rings. The molecule has 0 saturated heterocycles. The Hall–Kier alpha value is -4.36. The molecule has 8 heteroatoms. The average molecular weight is 471 g/mol. The van der Waals surface area contributed by atoms with Crippen LogP contribution in [0.1, 0.15) is 22.6 Å². The lowest BCUT2D eigenvalue weighted by Gasteiger charge is -2.27. The molecule has 3 aromatic carbocycles. The summed E-state index contributed by atoms with van der Waals surface area (Å²) in [5.41, 5.74) is 1.22. The Bertz CT molecular complexity index is 1710. The number of rotatable bonds is 2. The third-order valence-electron chi connectivity index (χ3n) is 5.82. The van der Waals surface area contributed by atoms with Gasteiger partial charge in [0.1, 0.15) is 22.6 Å². The van der Waals surface area contributed by atoms with Crippen LogP contribution in [0, 0.1) is 0 Å². The van der Waals surface area contributed by atoms with Gasteiger partial charge in [-0.15, -0.1) is 0 Å². The van der Waals surface area contributed by atoms with Crippen molar-refractivity contribution in [2.75, 3.05) is 0 Å². The number of phenolic OH excluding ortho intramolecular Hbond substituents is 1. The standard InChI is InChI=1S/C26H15ClN2O5/c27-15-7-5-13(6-8-15)21-17-10-9-16(30)12-20(17)33-25-22(21)24(31)28-23(29-25)18-11-14-3-1-2-4-19(14)34-26(18)32/h1-12,21,30H,(H,28,29,31). The lowest BCUT2D eigenvalue weighted by Crippen LogP contribution is -2.25. The molecule has 2 N–H and O–H groups in total. The van der Waals surface area contributed by atoms with Crippen LogP contribution in [-0.4, -0.2) is 15.1 Å². The molecule has 1 aliphatic heterocycles. The molecule has 0 saturated carbocycles. The number of hydrogen-bond acceptors (Lipinski definition) is 6. The smallest absolute Gasteiger partial charge is 0.347 e. The van der Waals surface area contributed by atoms with Gasteiger partial charge in [0.05, 0.1) is 5.56 Å². The average Bonchev–Trinajstić information content (AvgIpc) is 2.82. The molecule has 2 aromatic heterocycles. The molecule has 3 heterocycles. The summed E-state index contributed by atoms with van der Waals surface area (Å²) in [5.74, 6) is -0.0691. The first kappa shape index (κ1) is 20.3. The van der Waals surface area contributed by atoms with Gasteiger partial charge in [0.25, 0.3) is 5.56 Å². The zero-order valence-corrected chi connectivity index (χ0v) is 18.2. The van der Waals surface area contributed by atoms with Crippen molar-refractivity contribution >= 4 is 22.6 Å². The van der Waals surface area contributed by atoms with Crippen molar-refractivity contribution in [2.45, 2.75) is 5.92 Å². The predicted molar refractivity (Wildman–Crippen MR) is 127 cm³/mol. The highest BCUT2D eigenvalue weighted by molar-refractivity contribution is 6.30. The number of halogens is 1. The van der Waals surface area contributed by atoms with E-state index in [4.69, 9.17) is 20.8 Å². The van der Waals surface area contributed by atoms with Crippen LogP contribution in [0.4, 0.5) is 0 Å². The van der Waals surface area contributed by atoms with Gasteiger partial charge >= 0.3 is 5.63 Å². The first-order valence-corrected chi connectivity index (χ1v) is 10.8. The largest absolute Gasteiger partial charge is 0.508 e. The van der Waals surface area contributed by atoms with E-state index in [1.807, 2.05) is 18.2 Å². The van der Waals surface area contributed by atoms with Crippen LogP contribution in [-0.2, 0) is 0 Å². The molecule has 166 valence electrons. The highest BCUT2D eigenvalue weighted by Crippen LogP contribution is 2.46. The number of phenols is 1. The molecule has 0 bridgehead atoms. The van der Waals surface area contributed by atoms with Crippen molar-refractivity contribution in [3.8, 4) is 28.8 Å². The number of nitrogens with one attached hydrogen (secondary N) is 1. The number of hydrogen-bond donors (Lipinski definition) is 2. The van der Waals surface area contributed by atoms with Crippen molar-refractivity contribution in [1.82, 2.24) is 9.97 Å². The number of aromatic nitrogens is 2. The Labute approximate surface area is 196 Å². The molecule has 0 spiro atoms. The lowest BCUT2D eigenvalue weighted by atomic mass is 9.84. The molecule has 1 aliphatic rings. The second-order valence-electron chi connectivity index (χ2n) is 7.93. The van der Waals surface area contributed by atoms with Gasteiger partial charge in [-0.05, 0) is 35.9 Å². The monoisotopic (exact) mass is 470 g/mol. The van der Waals surface area contributed by atoms with Gasteiger partial charge in [-0.3, -0.25) is 4.79 Å². The Morgan fingerprint density at radius 1 is 0.971 bits per heavy atom. The number of ether oxygens (including phenoxy) is 1. The number of benzene rings is 3. The summed E-state index contributed by atoms with van der Waals surface area (Å²) >= 11 is 6.07. The van der Waals surface area contributed by atoms with Gasteiger partial charge in [0.15, 0.2) is 5.82 Å². The summed E-state index contributed by atoms with van der Waals surface area (Å²) < 4.78 is 11.4. The van der Waals surface area contributed by atoms with Crippen LogP contribution in [0.3, 0.4) is 0 Å². The highest BCUT2D eigenvalue weighted by Gasteiger charge is 2.33. The summed E-state index contributed by atoms with van der Waals surface area (Å²) in [4.78, 5) is 33.3. The molecule has 0 fully saturated rings. The Morgan fingerprint density at radius 3 is 2.59 bits per heavy atom. The molecule has 0 aliphatic carbocycles. The minimum atomic E-state index is -0.634. The number of fused-ring (bicyclic) bond motifs is 3. The van der Waals surface area contributed by atoms with Crippen LogP contribution < -0.4 is 15.9 Å². The fraction of sp³-hybridized carbons (Fsp3) is 0.0385. The Morgan fingerprint density at radius 2 is 1.76 bits per heavy atom. The third kappa shape index (κ3) is 3.25. The maximum atomic E-state index is 13.4. The van der Waals surface area contributed by atoms with Crippen molar-refractivity contribution < 1.29 is 14.3 Å². The molecule has 6 rings (SSSR count). The molecule has 34 heavy (non-hydrogen) atoms. The van der Waals surface area contributed by atoms with E-state index in [0.717, 1.165) is 5.56 Å². The van der Waals surface area contributed by atoms with E-state index < -0.39 is 17.1 Å². The van der Waals surface area contributed by atoms with Crippen LogP contribution in [0.2, 0.25) is 5.02 Å². The molecule has 1 unspecified atom stereocenters. The number of H-pyrrole nitrogens is 1. The van der Waals surface area contributed by atoms with E-state index in [-0.39, 0.29) is 28.6 Å². The highest BCUT2D eigenvalue weighted by atomic mass is 35.5. The van der Waals surface area contributed by atoms with Crippen LogP contribution in [0.25, 0.3) is 22.4 Å². The van der Waals surface area contributed by atoms with Crippen LogP contribution in [0.15, 0.2) is 86.8 Å². The van der Waals surface area contributed by atoms with Gasteiger partial charge in [-0.25, -0.2) is 4.79 Å². The van der Waals surface area contributed by atoms with Crippen LogP contribution >= 0.6 is 11.6 Å². The summed E-state index contributed by atoms with van der Waals surface area (Å²) in [5, 5.41) is 11.3. The first-order valence-electron chi connectivity index (χ1n) is 10.4. The second kappa shape index (κ2) is 7.60. The fourth-order valence-electron chi connectivity index (χ4n) is 4.26. The predicted octanol–water partition coefficient (Wildman–Crippen LogP) is 5.19. The maximum absolute atomic E-state index is 13.4. The van der Waals surface area contributed by atoms with E-state index in [1.165, 1.54) is 12.1 Å². The minimum Gasteiger partial charge on any atom is -0.508 e. The number of aromatic amines is 1. The van der Waals surface area contributed by atoms with E-state index in [9.17, 15) is 14.7 Å². The Kier molecular flexibility index (Phi) is 4.53. The topological polar surface area (TPSA) is 105 Å². The quantitative estimate of drug-likeness (QED) is 0.337. The fourth-order valence-corrected chi connectivity index (χ4v) is 4.39. The SMILES string of the molecule is O=c1[nH]c(-c2cc3ccccc3oc2=O)nc2c1C(c1ccc(Cl)cc1)c1ccc(O)cc1O2. The molecular formula is C26H15ClN2O5. The molecule has 7 nitrogen and oxygen atoms in total. The van der Waals surface area contributed by atoms with Gasteiger partial charge in [0.2, 0.25) is 5.88 Å². The number of aromatic hydroxyl groups is 1. The molecular weight excluding hydrogens is 456 g/mol. The minimum absolute atomic E-state index is 0.0114. The van der Waals surface area contributed by atoms with E-state index >= 15 is 0 Å². The summed E-state index contributed by atoms with van der Waals surface area (Å²) in [6.45, 7) is 0. The lowest BCUT2D eigenvalue weighted by molar-refractivity contribution is 0.421. The van der Waals surface area contributed by atoms with Crippen molar-refractivity contribution in [1.29, 1.82) is 0 Å². The molecule has 0 amide bonds. The van der Waals surface area contributed by atoms with E-state index in [0.29, 0.717) is 27.3 Å². The number of nitrogens with zero attached hydrogens (tertiary/aromatic N) is 1. The van der Waals surface area contributed by atoms with Crippen molar-refractivity contribution in [3.63, 3.8) is 0 Å². The zero-order chi connectivity index (χ0) is 23.4. The normalized spacial score (nSPS) is 14.3. The molecule has 0 radical (unpaired) electrons. The first-order chi connectivity index (χ1) is 16.5. The molecule has 1 atom stereocenters. The Balaban J connectivity index is 1.58. The van der Waals surface area contributed by atoms with Crippen LogP contribution in [0.5, 0.6) is 17.4 Å². The summed E-state index contributed by atoms with van der Waals surface area (Å²) in [7, 11) is 0. The van der Waals surface area contributed by atoms with Gasteiger partial charge in [0, 0.05) is 28.0 Å². The summed E-state index contributed by atoms with van der Waals surface area (Å²) in [6, 6.07) is 20.5. The van der Waals surface area contributed by atoms with Crippen molar-refractivity contribution in [2.24, 2.45) is 0 Å². The van der Waals surface area contributed by atoms with Gasteiger partial charge in [-0.2, -0.15) is 4.98 Å². The third-order valence-corrected chi connectivity index (χ3v) is 6.08. The van der Waals surface area contributed by atoms with Gasteiger partial charge in [-0.1, -0.05) is 48.0 Å². The van der Waals surface area contributed by atoms with E-state index in [2.05, 4.69) is 9.97 Å². The second-order valence-corrected chi connectivity index (χ2v) is 8.36. The zero-order valence-electron chi connectivity index (χ0n) is 17.4. The summed E-state index contributed by atoms with van der Waals surface area (Å²) in [6.07, 6.45) is 0. The number of para-hydroxylation sites is 1. The van der Waals surface area contributed by atoms with E-state index in [1.54, 1.807) is 42.5 Å².